The van der Waals surface area contributed by atoms with Crippen LogP contribution in [0.3, 0.4) is 0 Å². The standard InChI is InChI=1S/C15H16NO2S/c1-16(12-14-8-4-2-5-9-14)19(17,18)13-15-10-6-3-7-11-15/h2-11H,1,12-13H2. The molecule has 0 amide bonds. The van der Waals surface area contributed by atoms with E-state index in [2.05, 4.69) is 7.05 Å². The molecular formula is C15H16NO2S. The van der Waals surface area contributed by atoms with Crippen molar-refractivity contribution in [2.24, 2.45) is 0 Å². The lowest BCUT2D eigenvalue weighted by Gasteiger charge is -2.17. The molecular weight excluding hydrogens is 258 g/mol. The molecule has 0 aliphatic rings. The summed E-state index contributed by atoms with van der Waals surface area (Å²) < 4.78 is 25.5. The maximum absolute atomic E-state index is 12.2. The molecule has 0 aliphatic carbocycles. The average molecular weight is 274 g/mol. The summed E-state index contributed by atoms with van der Waals surface area (Å²) in [5.41, 5.74) is 1.69. The summed E-state index contributed by atoms with van der Waals surface area (Å²) in [5, 5.41) is 0. The number of hydrogen-bond acceptors (Lipinski definition) is 2. The van der Waals surface area contributed by atoms with Crippen molar-refractivity contribution < 1.29 is 8.42 Å². The van der Waals surface area contributed by atoms with Crippen LogP contribution < -0.4 is 0 Å². The Kier molecular flexibility index (Phi) is 4.35. The smallest absolute Gasteiger partial charge is 0.212 e. The van der Waals surface area contributed by atoms with E-state index in [0.717, 1.165) is 15.4 Å². The van der Waals surface area contributed by atoms with Gasteiger partial charge in [-0.15, -0.1) is 0 Å². The van der Waals surface area contributed by atoms with Crippen molar-refractivity contribution >= 4 is 10.0 Å². The Morgan fingerprint density at radius 3 is 1.84 bits per heavy atom. The van der Waals surface area contributed by atoms with Gasteiger partial charge in [-0.2, -0.15) is 4.31 Å². The van der Waals surface area contributed by atoms with Crippen LogP contribution in [0, 0.1) is 7.05 Å². The third kappa shape index (κ3) is 3.91. The molecule has 2 aromatic carbocycles. The zero-order valence-corrected chi connectivity index (χ0v) is 11.4. The highest BCUT2D eigenvalue weighted by atomic mass is 32.2. The van der Waals surface area contributed by atoms with E-state index >= 15 is 0 Å². The minimum atomic E-state index is -3.39. The van der Waals surface area contributed by atoms with E-state index in [1.807, 2.05) is 48.5 Å². The molecule has 0 bridgehead atoms. The van der Waals surface area contributed by atoms with Gasteiger partial charge in [0.15, 0.2) is 0 Å². The predicted molar refractivity (Wildman–Crippen MR) is 76.4 cm³/mol. The maximum atomic E-state index is 12.2. The van der Waals surface area contributed by atoms with Crippen LogP contribution in [0.4, 0.5) is 0 Å². The second kappa shape index (κ2) is 5.99. The largest absolute Gasteiger partial charge is 0.218 e. The SMILES string of the molecule is [CH2]N(Cc1ccccc1)S(=O)(=O)Cc1ccccc1. The number of hydrogen-bond donors (Lipinski definition) is 0. The molecule has 0 unspecified atom stereocenters. The van der Waals surface area contributed by atoms with Crippen molar-refractivity contribution in [1.82, 2.24) is 4.31 Å². The summed E-state index contributed by atoms with van der Waals surface area (Å²) in [6.45, 7) is 0.288. The molecule has 0 atom stereocenters. The van der Waals surface area contributed by atoms with Gasteiger partial charge in [-0.1, -0.05) is 60.7 Å². The molecule has 0 aromatic heterocycles. The van der Waals surface area contributed by atoms with Gasteiger partial charge < -0.3 is 0 Å². The number of sulfonamides is 1. The average Bonchev–Trinajstić information content (AvgIpc) is 2.40. The lowest BCUT2D eigenvalue weighted by atomic mass is 10.2. The minimum absolute atomic E-state index is 0.0236. The molecule has 19 heavy (non-hydrogen) atoms. The first-order valence-corrected chi connectivity index (χ1v) is 7.57. The molecule has 0 heterocycles. The van der Waals surface area contributed by atoms with E-state index in [0.29, 0.717) is 0 Å². The van der Waals surface area contributed by atoms with Gasteiger partial charge in [-0.05, 0) is 11.1 Å². The van der Waals surface area contributed by atoms with Crippen LogP contribution in [0.1, 0.15) is 11.1 Å². The first kappa shape index (κ1) is 13.8. The number of nitrogens with zero attached hydrogens (tertiary/aromatic N) is 1. The number of benzene rings is 2. The van der Waals surface area contributed by atoms with E-state index in [4.69, 9.17) is 0 Å². The van der Waals surface area contributed by atoms with E-state index in [-0.39, 0.29) is 12.3 Å². The second-order valence-electron chi connectivity index (χ2n) is 4.34. The highest BCUT2D eigenvalue weighted by molar-refractivity contribution is 7.88. The maximum Gasteiger partial charge on any atom is 0.218 e. The zero-order valence-electron chi connectivity index (χ0n) is 10.6. The summed E-state index contributed by atoms with van der Waals surface area (Å²) in [6, 6.07) is 18.6. The third-order valence-electron chi connectivity index (χ3n) is 2.79. The fraction of sp³-hybridized carbons (Fsp3) is 0.133. The van der Waals surface area contributed by atoms with Gasteiger partial charge in [0.05, 0.1) is 5.75 Å². The highest BCUT2D eigenvalue weighted by Gasteiger charge is 2.18. The van der Waals surface area contributed by atoms with Gasteiger partial charge in [0.25, 0.3) is 0 Å². The fourth-order valence-corrected chi connectivity index (χ4v) is 2.90. The van der Waals surface area contributed by atoms with Gasteiger partial charge >= 0.3 is 0 Å². The monoisotopic (exact) mass is 274 g/mol. The van der Waals surface area contributed by atoms with E-state index < -0.39 is 10.0 Å². The van der Waals surface area contributed by atoms with Crippen molar-refractivity contribution in [3.63, 3.8) is 0 Å². The van der Waals surface area contributed by atoms with Crippen LogP contribution in [-0.2, 0) is 22.3 Å². The second-order valence-corrected chi connectivity index (χ2v) is 6.31. The summed E-state index contributed by atoms with van der Waals surface area (Å²) >= 11 is 0. The Morgan fingerprint density at radius 1 is 0.842 bits per heavy atom. The molecule has 2 rings (SSSR count). The Bertz CT molecular complexity index is 609. The lowest BCUT2D eigenvalue weighted by molar-refractivity contribution is 0.491. The summed E-state index contributed by atoms with van der Waals surface area (Å²) in [4.78, 5) is 0. The topological polar surface area (TPSA) is 37.4 Å². The molecule has 4 heteroatoms. The third-order valence-corrected chi connectivity index (χ3v) is 4.40. The lowest BCUT2D eigenvalue weighted by Crippen LogP contribution is -2.25. The molecule has 0 spiro atoms. The van der Waals surface area contributed by atoms with Crippen molar-refractivity contribution in [1.29, 1.82) is 0 Å². The van der Waals surface area contributed by atoms with Crippen molar-refractivity contribution in [3.8, 4) is 0 Å². The zero-order chi connectivity index (χ0) is 13.7. The molecule has 0 saturated carbocycles. The fourth-order valence-electron chi connectivity index (χ4n) is 1.76. The van der Waals surface area contributed by atoms with Gasteiger partial charge in [-0.3, -0.25) is 0 Å². The molecule has 0 N–H and O–H groups in total. The van der Waals surface area contributed by atoms with Crippen LogP contribution in [-0.4, -0.2) is 12.7 Å². The van der Waals surface area contributed by atoms with Gasteiger partial charge in [-0.25, -0.2) is 8.42 Å². The van der Waals surface area contributed by atoms with Gasteiger partial charge in [0.1, 0.15) is 0 Å². The van der Waals surface area contributed by atoms with Crippen LogP contribution in [0.2, 0.25) is 0 Å². The summed E-state index contributed by atoms with van der Waals surface area (Å²) in [5.74, 6) is -0.0236. The Hall–Kier alpha value is -1.65. The molecule has 2 aromatic rings. The van der Waals surface area contributed by atoms with Crippen molar-refractivity contribution in [3.05, 3.63) is 78.8 Å². The van der Waals surface area contributed by atoms with E-state index in [9.17, 15) is 8.42 Å². The van der Waals surface area contributed by atoms with E-state index in [1.54, 1.807) is 12.1 Å². The Labute approximate surface area is 114 Å². The van der Waals surface area contributed by atoms with E-state index in [1.165, 1.54) is 0 Å². The Morgan fingerprint density at radius 2 is 1.32 bits per heavy atom. The molecule has 1 radical (unpaired) electrons. The summed E-state index contributed by atoms with van der Waals surface area (Å²) in [7, 11) is 0.257. The van der Waals surface area contributed by atoms with Crippen LogP contribution in [0.15, 0.2) is 60.7 Å². The molecule has 3 nitrogen and oxygen atoms in total. The van der Waals surface area contributed by atoms with Crippen LogP contribution in [0.5, 0.6) is 0 Å². The summed E-state index contributed by atoms with van der Waals surface area (Å²) in [6.07, 6.45) is 0. The quantitative estimate of drug-likeness (QED) is 0.840. The number of rotatable bonds is 5. The van der Waals surface area contributed by atoms with Crippen molar-refractivity contribution in [2.45, 2.75) is 12.3 Å². The Balaban J connectivity index is 2.07. The minimum Gasteiger partial charge on any atom is -0.212 e. The molecule has 0 aliphatic heterocycles. The first-order chi connectivity index (χ1) is 9.08. The molecule has 0 saturated heterocycles. The predicted octanol–water partition coefficient (Wildman–Crippen LogP) is 2.81. The van der Waals surface area contributed by atoms with Crippen LogP contribution >= 0.6 is 0 Å². The highest BCUT2D eigenvalue weighted by Crippen LogP contribution is 2.13. The molecule has 0 fully saturated rings. The van der Waals surface area contributed by atoms with Crippen molar-refractivity contribution in [2.75, 3.05) is 0 Å². The first-order valence-electron chi connectivity index (χ1n) is 5.97. The normalized spacial score (nSPS) is 11.7. The van der Waals surface area contributed by atoms with Gasteiger partial charge in [0, 0.05) is 13.6 Å². The van der Waals surface area contributed by atoms with Gasteiger partial charge in [0.2, 0.25) is 10.0 Å². The molecule has 99 valence electrons. The van der Waals surface area contributed by atoms with Crippen LogP contribution in [0.25, 0.3) is 0 Å².